The molecule has 0 unspecified atom stereocenters. The molecule has 0 atom stereocenters. The largest absolute Gasteiger partial charge is 0.497 e. The average Bonchev–Trinajstić information content (AvgIpc) is 2.84. The predicted octanol–water partition coefficient (Wildman–Crippen LogP) is 4.55. The van der Waals surface area contributed by atoms with E-state index in [2.05, 4.69) is 31.9 Å². The Bertz CT molecular complexity index is 627. The van der Waals surface area contributed by atoms with Crippen LogP contribution >= 0.6 is 43.2 Å². The SMILES string of the molecule is COc1ccc(Br)c(C(=O)N(C)Cc2ccc(Br)s2)c1. The zero-order valence-electron chi connectivity index (χ0n) is 11.0. The van der Waals surface area contributed by atoms with Crippen molar-refractivity contribution in [3.63, 3.8) is 0 Å². The topological polar surface area (TPSA) is 29.5 Å². The Balaban J connectivity index is 2.17. The lowest BCUT2D eigenvalue weighted by Gasteiger charge is -2.17. The smallest absolute Gasteiger partial charge is 0.255 e. The Morgan fingerprint density at radius 3 is 2.65 bits per heavy atom. The monoisotopic (exact) mass is 417 g/mol. The van der Waals surface area contributed by atoms with Gasteiger partial charge in [-0.15, -0.1) is 11.3 Å². The van der Waals surface area contributed by atoms with Crippen LogP contribution in [0.3, 0.4) is 0 Å². The van der Waals surface area contributed by atoms with Crippen molar-refractivity contribution in [1.29, 1.82) is 0 Å². The van der Waals surface area contributed by atoms with E-state index in [1.165, 1.54) is 0 Å². The first-order chi connectivity index (χ1) is 9.51. The normalized spacial score (nSPS) is 10.4. The first-order valence-corrected chi connectivity index (χ1v) is 8.24. The zero-order chi connectivity index (χ0) is 14.7. The lowest BCUT2D eigenvalue weighted by atomic mass is 10.2. The second-order valence-electron chi connectivity index (χ2n) is 4.21. The zero-order valence-corrected chi connectivity index (χ0v) is 15.0. The Morgan fingerprint density at radius 1 is 1.30 bits per heavy atom. The highest BCUT2D eigenvalue weighted by Gasteiger charge is 2.16. The number of carbonyl (C=O) groups is 1. The maximum atomic E-state index is 12.5. The molecule has 0 saturated heterocycles. The third-order valence-corrected chi connectivity index (χ3v) is 5.07. The Kier molecular flexibility index (Phi) is 5.23. The Labute approximate surface area is 138 Å². The van der Waals surface area contributed by atoms with Gasteiger partial charge in [0.1, 0.15) is 5.75 Å². The van der Waals surface area contributed by atoms with Gasteiger partial charge in [-0.3, -0.25) is 4.79 Å². The summed E-state index contributed by atoms with van der Waals surface area (Å²) in [6.45, 7) is 0.582. The molecule has 0 radical (unpaired) electrons. The molecule has 6 heteroatoms. The van der Waals surface area contributed by atoms with Crippen molar-refractivity contribution in [3.05, 3.63) is 49.0 Å². The predicted molar refractivity (Wildman–Crippen MR) is 88.5 cm³/mol. The molecule has 2 aromatic rings. The molecule has 1 aromatic carbocycles. The van der Waals surface area contributed by atoms with Crippen molar-refractivity contribution >= 4 is 49.1 Å². The molecule has 2 rings (SSSR count). The van der Waals surface area contributed by atoms with E-state index in [1.54, 1.807) is 36.5 Å². The van der Waals surface area contributed by atoms with Gasteiger partial charge in [0, 0.05) is 16.4 Å². The molecular formula is C14H13Br2NO2S. The quantitative estimate of drug-likeness (QED) is 0.728. The molecule has 106 valence electrons. The number of rotatable bonds is 4. The molecule has 0 spiro atoms. The molecule has 0 aliphatic rings. The van der Waals surface area contributed by atoms with Crippen LogP contribution < -0.4 is 4.74 Å². The van der Waals surface area contributed by atoms with E-state index in [1.807, 2.05) is 24.3 Å². The van der Waals surface area contributed by atoms with Gasteiger partial charge >= 0.3 is 0 Å². The number of methoxy groups -OCH3 is 1. The van der Waals surface area contributed by atoms with Crippen LogP contribution in [0.15, 0.2) is 38.6 Å². The number of hydrogen-bond donors (Lipinski definition) is 0. The molecule has 1 aromatic heterocycles. The lowest BCUT2D eigenvalue weighted by molar-refractivity contribution is 0.0785. The summed E-state index contributed by atoms with van der Waals surface area (Å²) in [4.78, 5) is 15.3. The number of nitrogens with zero attached hydrogens (tertiary/aromatic N) is 1. The molecule has 3 nitrogen and oxygen atoms in total. The van der Waals surface area contributed by atoms with Crippen molar-refractivity contribution in [2.45, 2.75) is 6.54 Å². The van der Waals surface area contributed by atoms with Gasteiger partial charge in [0.05, 0.1) is 23.0 Å². The van der Waals surface area contributed by atoms with Crippen molar-refractivity contribution in [2.75, 3.05) is 14.2 Å². The number of thiophene rings is 1. The summed E-state index contributed by atoms with van der Waals surface area (Å²) >= 11 is 8.46. The first-order valence-electron chi connectivity index (χ1n) is 5.84. The van der Waals surface area contributed by atoms with Crippen LogP contribution in [0.25, 0.3) is 0 Å². The second-order valence-corrected chi connectivity index (χ2v) is 7.61. The van der Waals surface area contributed by atoms with E-state index in [9.17, 15) is 4.79 Å². The van der Waals surface area contributed by atoms with Crippen LogP contribution in [0.5, 0.6) is 5.75 Å². The van der Waals surface area contributed by atoms with Crippen LogP contribution in [0.1, 0.15) is 15.2 Å². The number of carbonyl (C=O) groups excluding carboxylic acids is 1. The molecule has 0 aliphatic carbocycles. The molecule has 1 heterocycles. The van der Waals surface area contributed by atoms with Crippen LogP contribution in [0, 0.1) is 0 Å². The van der Waals surface area contributed by atoms with E-state index in [0.29, 0.717) is 17.9 Å². The fraction of sp³-hybridized carbons (Fsp3) is 0.214. The summed E-state index contributed by atoms with van der Waals surface area (Å²) in [5.41, 5.74) is 0.600. The van der Waals surface area contributed by atoms with Gasteiger partial charge in [-0.2, -0.15) is 0 Å². The molecular weight excluding hydrogens is 406 g/mol. The van der Waals surface area contributed by atoms with Crippen molar-refractivity contribution in [3.8, 4) is 5.75 Å². The van der Waals surface area contributed by atoms with Gasteiger partial charge in [0.15, 0.2) is 0 Å². The average molecular weight is 419 g/mol. The second kappa shape index (κ2) is 6.74. The summed E-state index contributed by atoms with van der Waals surface area (Å²) in [6.07, 6.45) is 0. The van der Waals surface area contributed by atoms with E-state index < -0.39 is 0 Å². The first kappa shape index (κ1) is 15.5. The van der Waals surface area contributed by atoms with Gasteiger partial charge < -0.3 is 9.64 Å². The molecule has 0 bridgehead atoms. The maximum Gasteiger partial charge on any atom is 0.255 e. The van der Waals surface area contributed by atoms with E-state index in [-0.39, 0.29) is 5.91 Å². The van der Waals surface area contributed by atoms with Crippen molar-refractivity contribution in [1.82, 2.24) is 4.90 Å². The van der Waals surface area contributed by atoms with Crippen LogP contribution in [0.4, 0.5) is 0 Å². The number of benzene rings is 1. The van der Waals surface area contributed by atoms with Gasteiger partial charge in [0.2, 0.25) is 0 Å². The van der Waals surface area contributed by atoms with E-state index in [0.717, 1.165) is 13.1 Å². The van der Waals surface area contributed by atoms with Gasteiger partial charge in [0.25, 0.3) is 5.91 Å². The summed E-state index contributed by atoms with van der Waals surface area (Å²) in [7, 11) is 3.38. The van der Waals surface area contributed by atoms with Crippen LogP contribution in [0.2, 0.25) is 0 Å². The molecule has 0 aliphatic heterocycles. The minimum atomic E-state index is -0.0414. The third-order valence-electron chi connectivity index (χ3n) is 2.77. The summed E-state index contributed by atoms with van der Waals surface area (Å²) < 4.78 is 7.00. The van der Waals surface area contributed by atoms with Crippen LogP contribution in [-0.2, 0) is 6.54 Å². The van der Waals surface area contributed by atoms with Gasteiger partial charge in [-0.05, 0) is 62.2 Å². The molecule has 1 amide bonds. The maximum absolute atomic E-state index is 12.5. The van der Waals surface area contributed by atoms with Crippen LogP contribution in [-0.4, -0.2) is 25.0 Å². The van der Waals surface area contributed by atoms with E-state index in [4.69, 9.17) is 4.74 Å². The fourth-order valence-corrected chi connectivity index (χ4v) is 3.70. The molecule has 0 N–H and O–H groups in total. The number of ether oxygens (including phenoxy) is 1. The van der Waals surface area contributed by atoms with Crippen molar-refractivity contribution < 1.29 is 9.53 Å². The highest BCUT2D eigenvalue weighted by Crippen LogP contribution is 2.26. The summed E-state index contributed by atoms with van der Waals surface area (Å²) in [5.74, 6) is 0.629. The molecule has 20 heavy (non-hydrogen) atoms. The van der Waals surface area contributed by atoms with Crippen molar-refractivity contribution in [2.24, 2.45) is 0 Å². The lowest BCUT2D eigenvalue weighted by Crippen LogP contribution is -2.26. The summed E-state index contributed by atoms with van der Waals surface area (Å²) in [5, 5.41) is 0. The van der Waals surface area contributed by atoms with E-state index >= 15 is 0 Å². The molecule has 0 saturated carbocycles. The van der Waals surface area contributed by atoms with Gasteiger partial charge in [-0.1, -0.05) is 0 Å². The fourth-order valence-electron chi connectivity index (χ4n) is 1.74. The van der Waals surface area contributed by atoms with Gasteiger partial charge in [-0.25, -0.2) is 0 Å². The number of amides is 1. The molecule has 0 fully saturated rings. The summed E-state index contributed by atoms with van der Waals surface area (Å²) in [6, 6.07) is 9.38. The highest BCUT2D eigenvalue weighted by molar-refractivity contribution is 9.11. The number of hydrogen-bond acceptors (Lipinski definition) is 3. The Morgan fingerprint density at radius 2 is 2.05 bits per heavy atom. The standard InChI is InChI=1S/C14H13Br2NO2S/c1-17(8-10-4-6-13(16)20-10)14(18)11-7-9(19-2)3-5-12(11)15/h3-7H,8H2,1-2H3. The number of halogens is 2. The highest BCUT2D eigenvalue weighted by atomic mass is 79.9. The Hall–Kier alpha value is -0.850. The minimum absolute atomic E-state index is 0.0414. The third kappa shape index (κ3) is 3.62. The minimum Gasteiger partial charge on any atom is -0.497 e.